The van der Waals surface area contributed by atoms with Crippen LogP contribution in [0.4, 0.5) is 10.5 Å². The van der Waals surface area contributed by atoms with Gasteiger partial charge >= 0.3 is 6.03 Å². The second kappa shape index (κ2) is 9.43. The van der Waals surface area contributed by atoms with Crippen LogP contribution in [0.15, 0.2) is 18.2 Å². The molecule has 1 saturated heterocycles. The quantitative estimate of drug-likeness (QED) is 0.472. The molecule has 154 valence electrons. The molecule has 1 aromatic carbocycles. The summed E-state index contributed by atoms with van der Waals surface area (Å²) in [6, 6.07) is 4.40. The number of imide groups is 1. The van der Waals surface area contributed by atoms with Crippen LogP contribution in [-0.4, -0.2) is 49.0 Å². The monoisotopic (exact) mass is 391 g/mol. The first-order chi connectivity index (χ1) is 13.3. The molecule has 0 unspecified atom stereocenters. The van der Waals surface area contributed by atoms with Gasteiger partial charge in [0.05, 0.1) is 14.2 Å². The van der Waals surface area contributed by atoms with E-state index in [-0.39, 0.29) is 12.5 Å². The van der Waals surface area contributed by atoms with Crippen LogP contribution < -0.4 is 20.1 Å². The third-order valence-corrected chi connectivity index (χ3v) is 4.81. The van der Waals surface area contributed by atoms with Crippen LogP contribution in [0.2, 0.25) is 0 Å². The van der Waals surface area contributed by atoms with Crippen molar-refractivity contribution in [3.63, 3.8) is 0 Å². The standard InChI is InChI=1S/C20H29N3O5/c1-5-6-7-8-9-20(2)18(25)23(19(26)22-20)13-17(24)21-14-10-15(27-3)12-16(11-14)28-4/h10-12H,5-9,13H2,1-4H3,(H,21,24)(H,22,26)/t20-/m0/s1. The highest BCUT2D eigenvalue weighted by Crippen LogP contribution is 2.27. The molecule has 0 saturated carbocycles. The number of amides is 4. The summed E-state index contributed by atoms with van der Waals surface area (Å²) in [6.45, 7) is 3.47. The topological polar surface area (TPSA) is 97.0 Å². The molecule has 1 aromatic rings. The van der Waals surface area contributed by atoms with Crippen molar-refractivity contribution >= 4 is 23.5 Å². The molecule has 0 aliphatic carbocycles. The molecule has 1 aliphatic heterocycles. The molecule has 0 radical (unpaired) electrons. The highest BCUT2D eigenvalue weighted by molar-refractivity contribution is 6.09. The van der Waals surface area contributed by atoms with Crippen LogP contribution in [0.1, 0.15) is 46.0 Å². The smallest absolute Gasteiger partial charge is 0.325 e. The number of anilines is 1. The predicted octanol–water partition coefficient (Wildman–Crippen LogP) is 2.92. The first kappa shape index (κ1) is 21.5. The fourth-order valence-corrected chi connectivity index (χ4v) is 3.19. The van der Waals surface area contributed by atoms with Gasteiger partial charge in [0.1, 0.15) is 23.6 Å². The first-order valence-corrected chi connectivity index (χ1v) is 9.50. The minimum atomic E-state index is -0.954. The summed E-state index contributed by atoms with van der Waals surface area (Å²) in [5, 5.41) is 5.40. The van der Waals surface area contributed by atoms with E-state index in [4.69, 9.17) is 9.47 Å². The van der Waals surface area contributed by atoms with Crippen molar-refractivity contribution in [1.82, 2.24) is 10.2 Å². The fraction of sp³-hybridized carbons (Fsp3) is 0.550. The average Bonchev–Trinajstić information content (AvgIpc) is 2.88. The molecule has 8 heteroatoms. The van der Waals surface area contributed by atoms with Crippen LogP contribution in [0.25, 0.3) is 0 Å². The molecule has 1 aliphatic rings. The Balaban J connectivity index is 2.00. The van der Waals surface area contributed by atoms with Crippen molar-refractivity contribution in [1.29, 1.82) is 0 Å². The summed E-state index contributed by atoms with van der Waals surface area (Å²) < 4.78 is 10.3. The van der Waals surface area contributed by atoms with E-state index >= 15 is 0 Å². The van der Waals surface area contributed by atoms with E-state index < -0.39 is 17.5 Å². The maximum Gasteiger partial charge on any atom is 0.325 e. The SMILES string of the molecule is CCCCCC[C@]1(C)NC(=O)N(CC(=O)Nc2cc(OC)cc(OC)c2)C1=O. The van der Waals surface area contributed by atoms with Gasteiger partial charge in [0.15, 0.2) is 0 Å². The molecule has 0 bridgehead atoms. The third kappa shape index (κ3) is 5.15. The Labute approximate surface area is 165 Å². The van der Waals surface area contributed by atoms with Crippen LogP contribution in [0.5, 0.6) is 11.5 Å². The lowest BCUT2D eigenvalue weighted by Gasteiger charge is -2.21. The van der Waals surface area contributed by atoms with E-state index in [0.29, 0.717) is 23.6 Å². The number of methoxy groups -OCH3 is 2. The summed E-state index contributed by atoms with van der Waals surface area (Å²) in [5.74, 6) is 0.190. The molecule has 0 spiro atoms. The van der Waals surface area contributed by atoms with Gasteiger partial charge in [-0.15, -0.1) is 0 Å². The molecular formula is C20H29N3O5. The number of carbonyl (C=O) groups is 3. The van der Waals surface area contributed by atoms with Crippen LogP contribution in [0.3, 0.4) is 0 Å². The molecule has 4 amide bonds. The van der Waals surface area contributed by atoms with E-state index in [0.717, 1.165) is 30.6 Å². The lowest BCUT2D eigenvalue weighted by atomic mass is 9.94. The maximum atomic E-state index is 12.7. The summed E-state index contributed by atoms with van der Waals surface area (Å²) in [4.78, 5) is 38.3. The zero-order valence-electron chi connectivity index (χ0n) is 17.0. The second-order valence-corrected chi connectivity index (χ2v) is 7.11. The molecule has 1 atom stereocenters. The van der Waals surface area contributed by atoms with Crippen LogP contribution in [0, 0.1) is 0 Å². The molecule has 8 nitrogen and oxygen atoms in total. The van der Waals surface area contributed by atoms with Gasteiger partial charge in [-0.2, -0.15) is 0 Å². The van der Waals surface area contributed by atoms with E-state index in [9.17, 15) is 14.4 Å². The van der Waals surface area contributed by atoms with Gasteiger partial charge in [-0.3, -0.25) is 14.5 Å². The minimum absolute atomic E-state index is 0.352. The molecule has 2 rings (SSSR count). The molecule has 1 heterocycles. The van der Waals surface area contributed by atoms with Gasteiger partial charge in [-0.25, -0.2) is 4.79 Å². The number of nitrogens with zero attached hydrogens (tertiary/aromatic N) is 1. The van der Waals surface area contributed by atoms with Crippen molar-refractivity contribution in [2.24, 2.45) is 0 Å². The van der Waals surface area contributed by atoms with Crippen molar-refractivity contribution in [2.75, 3.05) is 26.1 Å². The fourth-order valence-electron chi connectivity index (χ4n) is 3.19. The lowest BCUT2D eigenvalue weighted by Crippen LogP contribution is -2.44. The number of benzene rings is 1. The number of unbranched alkanes of at least 4 members (excludes halogenated alkanes) is 3. The Morgan fingerprint density at radius 2 is 1.75 bits per heavy atom. The lowest BCUT2D eigenvalue weighted by molar-refractivity contribution is -0.133. The number of rotatable bonds is 10. The van der Waals surface area contributed by atoms with E-state index in [1.54, 1.807) is 25.1 Å². The van der Waals surface area contributed by atoms with E-state index in [1.807, 2.05) is 0 Å². The average molecular weight is 391 g/mol. The second-order valence-electron chi connectivity index (χ2n) is 7.11. The van der Waals surface area contributed by atoms with Gasteiger partial charge in [0.25, 0.3) is 5.91 Å². The van der Waals surface area contributed by atoms with Crippen LogP contribution >= 0.6 is 0 Å². The Kier molecular flexibility index (Phi) is 7.25. The Morgan fingerprint density at radius 3 is 2.32 bits per heavy atom. The Hall–Kier alpha value is -2.77. The minimum Gasteiger partial charge on any atom is -0.497 e. The normalized spacial score (nSPS) is 18.8. The van der Waals surface area contributed by atoms with Gasteiger partial charge < -0.3 is 20.1 Å². The molecule has 28 heavy (non-hydrogen) atoms. The van der Waals surface area contributed by atoms with E-state index in [1.165, 1.54) is 14.2 Å². The highest BCUT2D eigenvalue weighted by Gasteiger charge is 2.47. The first-order valence-electron chi connectivity index (χ1n) is 9.50. The predicted molar refractivity (Wildman–Crippen MR) is 106 cm³/mol. The van der Waals surface area contributed by atoms with Crippen molar-refractivity contribution in [3.8, 4) is 11.5 Å². The summed E-state index contributed by atoms with van der Waals surface area (Å²) in [6.07, 6.45) is 4.60. The number of urea groups is 1. The number of nitrogens with one attached hydrogen (secondary N) is 2. The summed E-state index contributed by atoms with van der Waals surface area (Å²) in [7, 11) is 3.02. The maximum absolute atomic E-state index is 12.7. The van der Waals surface area contributed by atoms with Gasteiger partial charge in [-0.05, 0) is 13.3 Å². The summed E-state index contributed by atoms with van der Waals surface area (Å²) >= 11 is 0. The van der Waals surface area contributed by atoms with Crippen molar-refractivity contribution < 1.29 is 23.9 Å². The number of hydrogen-bond acceptors (Lipinski definition) is 5. The summed E-state index contributed by atoms with van der Waals surface area (Å²) in [5.41, 5.74) is -0.500. The number of carbonyl (C=O) groups excluding carboxylic acids is 3. The molecule has 0 aromatic heterocycles. The largest absolute Gasteiger partial charge is 0.497 e. The third-order valence-electron chi connectivity index (χ3n) is 4.81. The number of hydrogen-bond donors (Lipinski definition) is 2. The molecular weight excluding hydrogens is 362 g/mol. The number of ether oxygens (including phenoxy) is 2. The van der Waals surface area contributed by atoms with Gasteiger partial charge in [-0.1, -0.05) is 32.6 Å². The van der Waals surface area contributed by atoms with Crippen molar-refractivity contribution in [3.05, 3.63) is 18.2 Å². The Bertz CT molecular complexity index is 714. The van der Waals surface area contributed by atoms with Gasteiger partial charge in [0.2, 0.25) is 5.91 Å². The van der Waals surface area contributed by atoms with E-state index in [2.05, 4.69) is 17.6 Å². The highest BCUT2D eigenvalue weighted by atomic mass is 16.5. The molecule has 1 fully saturated rings. The van der Waals surface area contributed by atoms with Crippen LogP contribution in [-0.2, 0) is 9.59 Å². The van der Waals surface area contributed by atoms with Gasteiger partial charge in [0, 0.05) is 23.9 Å². The Morgan fingerprint density at radius 1 is 1.11 bits per heavy atom. The zero-order chi connectivity index (χ0) is 20.7. The zero-order valence-corrected chi connectivity index (χ0v) is 17.0. The molecule has 2 N–H and O–H groups in total. The van der Waals surface area contributed by atoms with Crippen molar-refractivity contribution in [2.45, 2.75) is 51.5 Å².